The van der Waals surface area contributed by atoms with Crippen molar-refractivity contribution >= 4 is 33.4 Å². The lowest BCUT2D eigenvalue weighted by Crippen LogP contribution is -2.45. The molecule has 0 saturated heterocycles. The van der Waals surface area contributed by atoms with Crippen LogP contribution in [-0.2, 0) is 11.3 Å². The van der Waals surface area contributed by atoms with Gasteiger partial charge in [-0.05, 0) is 66.9 Å². The van der Waals surface area contributed by atoms with Crippen molar-refractivity contribution in [3.05, 3.63) is 20.8 Å². The van der Waals surface area contributed by atoms with Gasteiger partial charge in [0.1, 0.15) is 5.60 Å². The van der Waals surface area contributed by atoms with Gasteiger partial charge in [-0.25, -0.2) is 4.79 Å². The molecule has 2 rings (SSSR count). The van der Waals surface area contributed by atoms with E-state index >= 15 is 0 Å². The topological polar surface area (TPSA) is 50.4 Å². The highest BCUT2D eigenvalue weighted by atomic mass is 79.9. The Labute approximate surface area is 138 Å². The van der Waals surface area contributed by atoms with Gasteiger partial charge < -0.3 is 15.4 Å². The molecule has 1 unspecified atom stereocenters. The van der Waals surface area contributed by atoms with Crippen molar-refractivity contribution in [3.63, 3.8) is 0 Å². The van der Waals surface area contributed by atoms with Crippen LogP contribution in [-0.4, -0.2) is 24.3 Å². The van der Waals surface area contributed by atoms with Crippen LogP contribution in [0.2, 0.25) is 0 Å². The molecule has 0 bridgehead atoms. The van der Waals surface area contributed by atoms with Gasteiger partial charge in [-0.15, -0.1) is 11.3 Å². The van der Waals surface area contributed by atoms with Gasteiger partial charge >= 0.3 is 6.09 Å². The Bertz CT molecular complexity index is 480. The molecule has 1 atom stereocenters. The first-order chi connectivity index (χ1) is 9.85. The average molecular weight is 375 g/mol. The van der Waals surface area contributed by atoms with Crippen LogP contribution in [0.5, 0.6) is 0 Å². The fourth-order valence-corrected chi connectivity index (χ4v) is 3.55. The second-order valence-corrected chi connectivity index (χ2v) is 8.27. The minimum Gasteiger partial charge on any atom is -0.444 e. The number of carbonyl (C=O) groups is 1. The van der Waals surface area contributed by atoms with Crippen molar-refractivity contribution in [1.29, 1.82) is 0 Å². The highest BCUT2D eigenvalue weighted by molar-refractivity contribution is 9.10. The van der Waals surface area contributed by atoms with Crippen LogP contribution in [0.3, 0.4) is 0 Å². The van der Waals surface area contributed by atoms with Crippen LogP contribution < -0.4 is 10.6 Å². The minimum atomic E-state index is -0.451. The SMILES string of the molecule is CC(C)(C)OC(=O)NC(CNCc1sccc1Br)C1CC1. The number of alkyl carbamates (subject to hydrolysis) is 1. The summed E-state index contributed by atoms with van der Waals surface area (Å²) in [6.45, 7) is 7.23. The molecule has 1 heterocycles. The number of carbonyl (C=O) groups excluding carboxylic acids is 1. The second kappa shape index (κ2) is 7.11. The molecular formula is C15H23BrN2O2S. The summed E-state index contributed by atoms with van der Waals surface area (Å²) in [6, 6.07) is 2.21. The van der Waals surface area contributed by atoms with Gasteiger partial charge in [-0.2, -0.15) is 0 Å². The zero-order valence-corrected chi connectivity index (χ0v) is 15.1. The quantitative estimate of drug-likeness (QED) is 0.793. The van der Waals surface area contributed by atoms with Gasteiger partial charge in [-0.3, -0.25) is 0 Å². The van der Waals surface area contributed by atoms with Crippen molar-refractivity contribution in [2.75, 3.05) is 6.54 Å². The van der Waals surface area contributed by atoms with Crippen LogP contribution in [0.25, 0.3) is 0 Å². The normalized spacial score (nSPS) is 16.6. The average Bonchev–Trinajstić information content (AvgIpc) is 3.11. The lowest BCUT2D eigenvalue weighted by atomic mass is 10.2. The molecule has 21 heavy (non-hydrogen) atoms. The van der Waals surface area contributed by atoms with E-state index in [2.05, 4.69) is 38.0 Å². The third-order valence-electron chi connectivity index (χ3n) is 3.23. The highest BCUT2D eigenvalue weighted by Gasteiger charge is 2.33. The lowest BCUT2D eigenvalue weighted by molar-refractivity contribution is 0.0497. The number of nitrogens with one attached hydrogen (secondary N) is 2. The predicted octanol–water partition coefficient (Wildman–Crippen LogP) is 3.90. The monoisotopic (exact) mass is 374 g/mol. The number of thiophene rings is 1. The van der Waals surface area contributed by atoms with Crippen molar-refractivity contribution in [2.45, 2.75) is 51.8 Å². The number of hydrogen-bond acceptors (Lipinski definition) is 4. The first-order valence-corrected chi connectivity index (χ1v) is 8.94. The fourth-order valence-electron chi connectivity index (χ4n) is 2.09. The van der Waals surface area contributed by atoms with E-state index in [1.807, 2.05) is 20.8 Å². The van der Waals surface area contributed by atoms with Crippen molar-refractivity contribution in [3.8, 4) is 0 Å². The van der Waals surface area contributed by atoms with E-state index in [1.165, 1.54) is 17.7 Å². The molecule has 4 nitrogen and oxygen atoms in total. The summed E-state index contributed by atoms with van der Waals surface area (Å²) < 4.78 is 6.48. The van der Waals surface area contributed by atoms with E-state index in [-0.39, 0.29) is 12.1 Å². The molecule has 6 heteroatoms. The summed E-state index contributed by atoms with van der Waals surface area (Å²) in [7, 11) is 0. The van der Waals surface area contributed by atoms with Gasteiger partial charge in [0.25, 0.3) is 0 Å². The Morgan fingerprint density at radius 1 is 1.52 bits per heavy atom. The van der Waals surface area contributed by atoms with E-state index in [1.54, 1.807) is 11.3 Å². The minimum absolute atomic E-state index is 0.151. The van der Waals surface area contributed by atoms with E-state index in [0.717, 1.165) is 17.6 Å². The molecule has 0 radical (unpaired) electrons. The van der Waals surface area contributed by atoms with Gasteiger partial charge in [0.2, 0.25) is 0 Å². The first kappa shape index (κ1) is 16.8. The first-order valence-electron chi connectivity index (χ1n) is 7.27. The molecule has 1 fully saturated rings. The molecular weight excluding hydrogens is 352 g/mol. The molecule has 0 aliphatic heterocycles. The standard InChI is InChI=1S/C15H23BrN2O2S/c1-15(2,3)20-14(19)18-12(10-4-5-10)8-17-9-13-11(16)6-7-21-13/h6-7,10,12,17H,4-5,8-9H2,1-3H3,(H,18,19). The Kier molecular flexibility index (Phi) is 5.68. The third kappa shape index (κ3) is 5.96. The summed E-state index contributed by atoms with van der Waals surface area (Å²) in [6.07, 6.45) is 2.05. The maximum Gasteiger partial charge on any atom is 0.407 e. The zero-order chi connectivity index (χ0) is 15.5. The van der Waals surface area contributed by atoms with E-state index < -0.39 is 5.60 Å². The van der Waals surface area contributed by atoms with Gasteiger partial charge in [0.15, 0.2) is 0 Å². The molecule has 1 aliphatic carbocycles. The largest absolute Gasteiger partial charge is 0.444 e. The van der Waals surface area contributed by atoms with Crippen LogP contribution in [0.4, 0.5) is 4.79 Å². The molecule has 1 aliphatic rings. The molecule has 1 aromatic rings. The Balaban J connectivity index is 1.77. The molecule has 1 amide bonds. The van der Waals surface area contributed by atoms with Crippen molar-refractivity contribution in [2.24, 2.45) is 5.92 Å². The summed E-state index contributed by atoms with van der Waals surface area (Å²) in [5, 5.41) is 8.49. The maximum atomic E-state index is 11.9. The van der Waals surface area contributed by atoms with Gasteiger partial charge in [0.05, 0.1) is 0 Å². The Hall–Kier alpha value is -0.590. The second-order valence-electron chi connectivity index (χ2n) is 6.41. The maximum absolute atomic E-state index is 11.9. The molecule has 0 aromatic carbocycles. The van der Waals surface area contributed by atoms with Gasteiger partial charge in [0, 0.05) is 28.5 Å². The Morgan fingerprint density at radius 2 is 2.24 bits per heavy atom. The number of ether oxygens (including phenoxy) is 1. The molecule has 2 N–H and O–H groups in total. The number of hydrogen-bond donors (Lipinski definition) is 2. The summed E-state index contributed by atoms with van der Waals surface area (Å²) >= 11 is 5.25. The highest BCUT2D eigenvalue weighted by Crippen LogP contribution is 2.32. The molecule has 0 spiro atoms. The lowest BCUT2D eigenvalue weighted by Gasteiger charge is -2.24. The zero-order valence-electron chi connectivity index (χ0n) is 12.7. The molecule has 1 aromatic heterocycles. The van der Waals surface area contributed by atoms with Crippen LogP contribution in [0, 0.1) is 5.92 Å². The summed E-state index contributed by atoms with van der Waals surface area (Å²) in [5.74, 6) is 0.580. The smallest absolute Gasteiger partial charge is 0.407 e. The van der Waals surface area contributed by atoms with Gasteiger partial charge in [-0.1, -0.05) is 0 Å². The van der Waals surface area contributed by atoms with Crippen molar-refractivity contribution in [1.82, 2.24) is 10.6 Å². The van der Waals surface area contributed by atoms with Crippen LogP contribution in [0.1, 0.15) is 38.5 Å². The fraction of sp³-hybridized carbons (Fsp3) is 0.667. The summed E-state index contributed by atoms with van der Waals surface area (Å²) in [4.78, 5) is 13.2. The predicted molar refractivity (Wildman–Crippen MR) is 89.6 cm³/mol. The molecule has 118 valence electrons. The van der Waals surface area contributed by atoms with Crippen molar-refractivity contribution < 1.29 is 9.53 Å². The van der Waals surface area contributed by atoms with Crippen LogP contribution >= 0.6 is 27.3 Å². The number of rotatable bonds is 6. The van der Waals surface area contributed by atoms with Crippen LogP contribution in [0.15, 0.2) is 15.9 Å². The number of halogens is 1. The van der Waals surface area contributed by atoms with E-state index in [0.29, 0.717) is 5.92 Å². The number of amides is 1. The summed E-state index contributed by atoms with van der Waals surface area (Å²) in [5.41, 5.74) is -0.451. The third-order valence-corrected chi connectivity index (χ3v) is 5.16. The van der Waals surface area contributed by atoms with E-state index in [4.69, 9.17) is 4.74 Å². The Morgan fingerprint density at radius 3 is 2.76 bits per heavy atom. The van der Waals surface area contributed by atoms with E-state index in [9.17, 15) is 4.79 Å². The molecule has 1 saturated carbocycles.